The Hall–Kier alpha value is -2.99. The minimum absolute atomic E-state index is 0.101. The first-order valence-corrected chi connectivity index (χ1v) is 8.87. The molecule has 0 aliphatic heterocycles. The molecule has 0 aliphatic rings. The molecule has 2 N–H and O–H groups in total. The van der Waals surface area contributed by atoms with Gasteiger partial charge in [-0.3, -0.25) is 14.5 Å². The van der Waals surface area contributed by atoms with Crippen LogP contribution in [-0.2, 0) is 11.3 Å². The van der Waals surface area contributed by atoms with E-state index in [0.717, 1.165) is 16.8 Å². The highest BCUT2D eigenvalue weighted by molar-refractivity contribution is 5.93. The van der Waals surface area contributed by atoms with Crippen LogP contribution in [0, 0.1) is 20.8 Å². The predicted octanol–water partition coefficient (Wildman–Crippen LogP) is 2.92. The Kier molecular flexibility index (Phi) is 5.37. The van der Waals surface area contributed by atoms with Crippen LogP contribution >= 0.6 is 0 Å². The van der Waals surface area contributed by atoms with Crippen molar-refractivity contribution in [3.05, 3.63) is 69.3 Å². The van der Waals surface area contributed by atoms with E-state index in [1.807, 2.05) is 50.9 Å². The number of nitrogens with zero attached hydrogens (tertiary/aromatic N) is 2. The predicted molar refractivity (Wildman–Crippen MR) is 108 cm³/mol. The molecule has 1 amide bonds. The minimum Gasteiger partial charge on any atom is -0.324 e. The molecule has 1 aromatic heterocycles. The molecule has 0 saturated carbocycles. The van der Waals surface area contributed by atoms with E-state index in [9.17, 15) is 9.59 Å². The smallest absolute Gasteiger partial charge is 0.258 e. The fourth-order valence-corrected chi connectivity index (χ4v) is 3.32. The van der Waals surface area contributed by atoms with Gasteiger partial charge in [0.05, 0.1) is 24.0 Å². The third-order valence-corrected chi connectivity index (χ3v) is 4.44. The largest absolute Gasteiger partial charge is 0.324 e. The molecule has 1 heterocycles. The number of para-hydroxylation sites is 1. The number of hydrogen-bond acceptors (Lipinski definition) is 4. The zero-order chi connectivity index (χ0) is 19.6. The molecule has 0 radical (unpaired) electrons. The Bertz CT molecular complexity index is 1030. The maximum atomic E-state index is 12.4. The molecule has 0 spiro atoms. The SMILES string of the molecule is Cc1cc(C)c(NC(=O)CN(C)Cc2nc3ccccc3c(=O)[nH]2)c(C)c1. The van der Waals surface area contributed by atoms with E-state index in [0.29, 0.717) is 23.3 Å². The lowest BCUT2D eigenvalue weighted by Crippen LogP contribution is -2.31. The van der Waals surface area contributed by atoms with Gasteiger partial charge in [0.25, 0.3) is 5.56 Å². The molecular weight excluding hydrogens is 340 g/mol. The van der Waals surface area contributed by atoms with Crippen LogP contribution in [0.4, 0.5) is 5.69 Å². The topological polar surface area (TPSA) is 78.1 Å². The number of benzene rings is 2. The lowest BCUT2D eigenvalue weighted by Gasteiger charge is -2.18. The molecule has 6 nitrogen and oxygen atoms in total. The number of nitrogens with one attached hydrogen (secondary N) is 2. The maximum Gasteiger partial charge on any atom is 0.258 e. The number of carbonyl (C=O) groups excluding carboxylic acids is 1. The first kappa shape index (κ1) is 18.8. The van der Waals surface area contributed by atoms with Gasteiger partial charge in [-0.2, -0.15) is 0 Å². The van der Waals surface area contributed by atoms with Crippen molar-refractivity contribution >= 4 is 22.5 Å². The molecule has 0 bridgehead atoms. The standard InChI is InChI=1S/C21H24N4O2/c1-13-9-14(2)20(15(3)10-13)24-19(26)12-25(4)11-18-22-17-8-6-5-7-16(17)21(27)23-18/h5-10H,11-12H2,1-4H3,(H,24,26)(H,22,23,27). The van der Waals surface area contributed by atoms with Gasteiger partial charge in [-0.25, -0.2) is 4.98 Å². The number of H-pyrrole nitrogens is 1. The molecule has 0 aliphatic carbocycles. The zero-order valence-corrected chi connectivity index (χ0v) is 16.1. The van der Waals surface area contributed by atoms with Crippen LogP contribution in [-0.4, -0.2) is 34.4 Å². The number of fused-ring (bicyclic) bond motifs is 1. The second kappa shape index (κ2) is 7.72. The number of rotatable bonds is 5. The third kappa shape index (κ3) is 4.41. The van der Waals surface area contributed by atoms with Crippen molar-refractivity contribution < 1.29 is 4.79 Å². The van der Waals surface area contributed by atoms with Gasteiger partial charge in [0.1, 0.15) is 5.82 Å². The summed E-state index contributed by atoms with van der Waals surface area (Å²) >= 11 is 0. The van der Waals surface area contributed by atoms with E-state index in [1.54, 1.807) is 6.07 Å². The van der Waals surface area contributed by atoms with E-state index in [4.69, 9.17) is 0 Å². The molecular formula is C21H24N4O2. The summed E-state index contributed by atoms with van der Waals surface area (Å²) in [5.74, 6) is 0.437. The molecule has 3 aromatic rings. The lowest BCUT2D eigenvalue weighted by atomic mass is 10.1. The number of hydrogen-bond donors (Lipinski definition) is 2. The Morgan fingerprint density at radius 1 is 1.15 bits per heavy atom. The Balaban J connectivity index is 1.68. The Morgan fingerprint density at radius 2 is 1.81 bits per heavy atom. The summed E-state index contributed by atoms with van der Waals surface area (Å²) in [6, 6.07) is 11.3. The number of aromatic nitrogens is 2. The number of aryl methyl sites for hydroxylation is 3. The highest BCUT2D eigenvalue weighted by Crippen LogP contribution is 2.21. The van der Waals surface area contributed by atoms with Gasteiger partial charge < -0.3 is 10.3 Å². The van der Waals surface area contributed by atoms with Crippen LogP contribution in [0.25, 0.3) is 10.9 Å². The number of likely N-dealkylation sites (N-methyl/N-ethyl adjacent to an activating group) is 1. The number of aromatic amines is 1. The fraction of sp³-hybridized carbons (Fsp3) is 0.286. The molecule has 0 fully saturated rings. The first-order valence-electron chi connectivity index (χ1n) is 8.87. The van der Waals surface area contributed by atoms with Gasteiger partial charge in [0.2, 0.25) is 5.91 Å². The molecule has 0 saturated heterocycles. The van der Waals surface area contributed by atoms with Crippen LogP contribution in [0.2, 0.25) is 0 Å². The van der Waals surface area contributed by atoms with Crippen molar-refractivity contribution in [1.82, 2.24) is 14.9 Å². The summed E-state index contributed by atoms with van der Waals surface area (Å²) in [4.78, 5) is 33.7. The van der Waals surface area contributed by atoms with Gasteiger partial charge >= 0.3 is 0 Å². The van der Waals surface area contributed by atoms with Crippen molar-refractivity contribution in [2.45, 2.75) is 27.3 Å². The summed E-state index contributed by atoms with van der Waals surface area (Å²) in [5.41, 5.74) is 4.61. The van der Waals surface area contributed by atoms with Gasteiger partial charge in [0.15, 0.2) is 0 Å². The summed E-state index contributed by atoms with van der Waals surface area (Å²) in [7, 11) is 1.82. The summed E-state index contributed by atoms with van der Waals surface area (Å²) in [6.07, 6.45) is 0. The highest BCUT2D eigenvalue weighted by atomic mass is 16.2. The molecule has 3 rings (SSSR count). The number of amides is 1. The van der Waals surface area contributed by atoms with Crippen LogP contribution in [0.3, 0.4) is 0 Å². The van der Waals surface area contributed by atoms with Crippen molar-refractivity contribution in [2.75, 3.05) is 18.9 Å². The van der Waals surface area contributed by atoms with Gasteiger partial charge in [-0.05, 0) is 51.1 Å². The van der Waals surface area contributed by atoms with E-state index in [1.165, 1.54) is 5.56 Å². The molecule has 27 heavy (non-hydrogen) atoms. The summed E-state index contributed by atoms with van der Waals surface area (Å²) < 4.78 is 0. The van der Waals surface area contributed by atoms with E-state index >= 15 is 0 Å². The summed E-state index contributed by atoms with van der Waals surface area (Å²) in [5, 5.41) is 3.55. The van der Waals surface area contributed by atoms with Crippen LogP contribution in [0.1, 0.15) is 22.5 Å². The van der Waals surface area contributed by atoms with Gasteiger partial charge in [-0.1, -0.05) is 29.8 Å². The van der Waals surface area contributed by atoms with Crippen LogP contribution in [0.15, 0.2) is 41.2 Å². The highest BCUT2D eigenvalue weighted by Gasteiger charge is 2.12. The zero-order valence-electron chi connectivity index (χ0n) is 16.1. The first-order chi connectivity index (χ1) is 12.8. The number of carbonyl (C=O) groups is 1. The Morgan fingerprint density at radius 3 is 2.52 bits per heavy atom. The van der Waals surface area contributed by atoms with Crippen molar-refractivity contribution in [3.8, 4) is 0 Å². The molecule has 140 valence electrons. The van der Waals surface area contributed by atoms with Crippen molar-refractivity contribution in [1.29, 1.82) is 0 Å². The number of anilines is 1. The van der Waals surface area contributed by atoms with Crippen molar-refractivity contribution in [2.24, 2.45) is 0 Å². The molecule has 2 aromatic carbocycles. The lowest BCUT2D eigenvalue weighted by molar-refractivity contribution is -0.117. The Labute approximate surface area is 158 Å². The summed E-state index contributed by atoms with van der Waals surface area (Å²) in [6.45, 7) is 6.59. The molecule has 6 heteroatoms. The van der Waals surface area contributed by atoms with Crippen LogP contribution < -0.4 is 10.9 Å². The average molecular weight is 364 g/mol. The fourth-order valence-electron chi connectivity index (χ4n) is 3.32. The van der Waals surface area contributed by atoms with Crippen molar-refractivity contribution in [3.63, 3.8) is 0 Å². The second-order valence-electron chi connectivity index (χ2n) is 7.02. The quantitative estimate of drug-likeness (QED) is 0.730. The van der Waals surface area contributed by atoms with Crippen LogP contribution in [0.5, 0.6) is 0 Å². The second-order valence-corrected chi connectivity index (χ2v) is 7.02. The van der Waals surface area contributed by atoms with Gasteiger partial charge in [-0.15, -0.1) is 0 Å². The normalized spacial score (nSPS) is 11.1. The third-order valence-electron chi connectivity index (χ3n) is 4.44. The monoisotopic (exact) mass is 364 g/mol. The average Bonchev–Trinajstić information content (AvgIpc) is 2.58. The molecule has 0 unspecified atom stereocenters. The minimum atomic E-state index is -0.167. The maximum absolute atomic E-state index is 12.4. The van der Waals surface area contributed by atoms with E-state index < -0.39 is 0 Å². The molecule has 0 atom stereocenters. The van der Waals surface area contributed by atoms with E-state index in [-0.39, 0.29) is 18.0 Å². The van der Waals surface area contributed by atoms with E-state index in [2.05, 4.69) is 27.4 Å². The van der Waals surface area contributed by atoms with Gasteiger partial charge in [0, 0.05) is 5.69 Å².